The number of likely N-dealkylation sites (tertiary alicyclic amines) is 1. The lowest BCUT2D eigenvalue weighted by Crippen LogP contribution is -2.45. The summed E-state index contributed by atoms with van der Waals surface area (Å²) in [4.78, 5) is 14.6. The summed E-state index contributed by atoms with van der Waals surface area (Å²) in [6.45, 7) is 3.36. The number of amides is 1. The monoisotopic (exact) mass is 280 g/mol. The molecule has 4 nitrogen and oxygen atoms in total. The Morgan fingerprint density at radius 1 is 1.25 bits per heavy atom. The average Bonchev–Trinajstić information content (AvgIpc) is 3.28. The van der Waals surface area contributed by atoms with Crippen LogP contribution in [0.3, 0.4) is 0 Å². The SMILES string of the molecule is CC(O)CC1CCCN1CC(=O)NC(C1CC1)C1CC1. The fourth-order valence-electron chi connectivity index (χ4n) is 3.71. The lowest BCUT2D eigenvalue weighted by atomic mass is 10.1. The number of aliphatic hydroxyl groups excluding tert-OH is 1. The Labute approximate surface area is 121 Å². The van der Waals surface area contributed by atoms with Crippen molar-refractivity contribution in [3.63, 3.8) is 0 Å². The third-order valence-electron chi connectivity index (χ3n) is 5.05. The van der Waals surface area contributed by atoms with Gasteiger partial charge in [0.1, 0.15) is 0 Å². The highest BCUT2D eigenvalue weighted by atomic mass is 16.3. The molecule has 0 radical (unpaired) electrons. The number of carbonyl (C=O) groups is 1. The normalized spacial score (nSPS) is 28.9. The van der Waals surface area contributed by atoms with Crippen molar-refractivity contribution in [2.75, 3.05) is 13.1 Å². The Morgan fingerprint density at radius 3 is 2.45 bits per heavy atom. The molecule has 4 heteroatoms. The van der Waals surface area contributed by atoms with Crippen LogP contribution in [0.1, 0.15) is 51.9 Å². The molecular weight excluding hydrogens is 252 g/mol. The van der Waals surface area contributed by atoms with Crippen molar-refractivity contribution in [1.29, 1.82) is 0 Å². The van der Waals surface area contributed by atoms with E-state index in [0.717, 1.165) is 37.6 Å². The topological polar surface area (TPSA) is 52.6 Å². The average molecular weight is 280 g/mol. The second-order valence-corrected chi connectivity index (χ2v) is 7.12. The van der Waals surface area contributed by atoms with E-state index in [0.29, 0.717) is 18.6 Å². The smallest absolute Gasteiger partial charge is 0.234 e. The van der Waals surface area contributed by atoms with Gasteiger partial charge in [0.2, 0.25) is 5.91 Å². The van der Waals surface area contributed by atoms with Gasteiger partial charge < -0.3 is 10.4 Å². The van der Waals surface area contributed by atoms with Gasteiger partial charge in [0.05, 0.1) is 12.6 Å². The highest BCUT2D eigenvalue weighted by Crippen LogP contribution is 2.44. The molecule has 3 aliphatic rings. The molecule has 2 N–H and O–H groups in total. The molecule has 0 bridgehead atoms. The summed E-state index contributed by atoms with van der Waals surface area (Å²) in [6.07, 6.45) is 8.00. The first-order valence-electron chi connectivity index (χ1n) is 8.35. The highest BCUT2D eigenvalue weighted by molar-refractivity contribution is 5.78. The Hall–Kier alpha value is -0.610. The van der Waals surface area contributed by atoms with Crippen LogP contribution in [0.5, 0.6) is 0 Å². The first-order valence-corrected chi connectivity index (χ1v) is 8.35. The summed E-state index contributed by atoms with van der Waals surface area (Å²) in [5.74, 6) is 1.72. The number of hydrogen-bond donors (Lipinski definition) is 2. The number of carbonyl (C=O) groups excluding carboxylic acids is 1. The Kier molecular flexibility index (Phi) is 4.32. The van der Waals surface area contributed by atoms with Gasteiger partial charge in [0.15, 0.2) is 0 Å². The lowest BCUT2D eigenvalue weighted by Gasteiger charge is -2.26. The van der Waals surface area contributed by atoms with Crippen molar-refractivity contribution >= 4 is 5.91 Å². The van der Waals surface area contributed by atoms with Crippen molar-refractivity contribution in [2.45, 2.75) is 70.1 Å². The molecule has 1 aliphatic heterocycles. The van der Waals surface area contributed by atoms with Crippen molar-refractivity contribution in [1.82, 2.24) is 10.2 Å². The van der Waals surface area contributed by atoms with E-state index in [1.165, 1.54) is 25.7 Å². The summed E-state index contributed by atoms with van der Waals surface area (Å²) < 4.78 is 0. The van der Waals surface area contributed by atoms with Crippen LogP contribution < -0.4 is 5.32 Å². The second kappa shape index (κ2) is 6.02. The maximum absolute atomic E-state index is 12.3. The first-order chi connectivity index (χ1) is 9.63. The summed E-state index contributed by atoms with van der Waals surface area (Å²) in [7, 11) is 0. The number of aliphatic hydroxyl groups is 1. The number of nitrogens with one attached hydrogen (secondary N) is 1. The molecular formula is C16H28N2O2. The zero-order chi connectivity index (χ0) is 14.1. The van der Waals surface area contributed by atoms with Crippen LogP contribution in [0.25, 0.3) is 0 Å². The van der Waals surface area contributed by atoms with Gasteiger partial charge in [-0.15, -0.1) is 0 Å². The minimum Gasteiger partial charge on any atom is -0.393 e. The maximum atomic E-state index is 12.3. The Morgan fingerprint density at radius 2 is 1.90 bits per heavy atom. The molecule has 114 valence electrons. The van der Waals surface area contributed by atoms with Gasteiger partial charge in [-0.05, 0) is 70.3 Å². The molecule has 2 saturated carbocycles. The Balaban J connectivity index is 1.47. The van der Waals surface area contributed by atoms with E-state index in [9.17, 15) is 9.90 Å². The van der Waals surface area contributed by atoms with Crippen molar-refractivity contribution < 1.29 is 9.90 Å². The Bertz CT molecular complexity index is 338. The summed E-state index contributed by atoms with van der Waals surface area (Å²) in [6, 6.07) is 0.848. The molecule has 3 fully saturated rings. The van der Waals surface area contributed by atoms with Crippen LogP contribution in [0.15, 0.2) is 0 Å². The third kappa shape index (κ3) is 3.73. The van der Waals surface area contributed by atoms with E-state index < -0.39 is 0 Å². The summed E-state index contributed by atoms with van der Waals surface area (Å²) in [5, 5.41) is 12.8. The van der Waals surface area contributed by atoms with Crippen molar-refractivity contribution in [3.8, 4) is 0 Å². The fraction of sp³-hybridized carbons (Fsp3) is 0.938. The molecule has 0 aromatic rings. The highest BCUT2D eigenvalue weighted by Gasteiger charge is 2.42. The van der Waals surface area contributed by atoms with Gasteiger partial charge in [-0.3, -0.25) is 9.69 Å². The fourth-order valence-corrected chi connectivity index (χ4v) is 3.71. The molecule has 2 atom stereocenters. The van der Waals surface area contributed by atoms with Gasteiger partial charge in [-0.2, -0.15) is 0 Å². The molecule has 0 aromatic carbocycles. The molecule has 3 rings (SSSR count). The van der Waals surface area contributed by atoms with E-state index in [-0.39, 0.29) is 12.0 Å². The van der Waals surface area contributed by atoms with E-state index in [1.807, 2.05) is 6.92 Å². The predicted molar refractivity (Wildman–Crippen MR) is 78.3 cm³/mol. The zero-order valence-electron chi connectivity index (χ0n) is 12.6. The summed E-state index contributed by atoms with van der Waals surface area (Å²) in [5.41, 5.74) is 0. The van der Waals surface area contributed by atoms with Crippen LogP contribution in [0.4, 0.5) is 0 Å². The van der Waals surface area contributed by atoms with Crippen LogP contribution >= 0.6 is 0 Å². The van der Waals surface area contributed by atoms with Gasteiger partial charge in [0, 0.05) is 12.1 Å². The van der Waals surface area contributed by atoms with E-state index in [2.05, 4.69) is 10.2 Å². The van der Waals surface area contributed by atoms with Crippen LogP contribution in [0, 0.1) is 11.8 Å². The lowest BCUT2D eigenvalue weighted by molar-refractivity contribution is -0.123. The van der Waals surface area contributed by atoms with Gasteiger partial charge >= 0.3 is 0 Å². The first kappa shape index (κ1) is 14.3. The van der Waals surface area contributed by atoms with Gasteiger partial charge in [-0.1, -0.05) is 0 Å². The second-order valence-electron chi connectivity index (χ2n) is 7.12. The molecule has 1 saturated heterocycles. The van der Waals surface area contributed by atoms with E-state index in [1.54, 1.807) is 0 Å². The molecule has 2 unspecified atom stereocenters. The zero-order valence-corrected chi connectivity index (χ0v) is 12.6. The summed E-state index contributed by atoms with van der Waals surface area (Å²) >= 11 is 0. The molecule has 0 aromatic heterocycles. The maximum Gasteiger partial charge on any atom is 0.234 e. The molecule has 1 amide bonds. The number of rotatable bonds is 7. The van der Waals surface area contributed by atoms with Crippen LogP contribution in [-0.2, 0) is 4.79 Å². The minimum atomic E-state index is -0.269. The number of hydrogen-bond acceptors (Lipinski definition) is 3. The molecule has 20 heavy (non-hydrogen) atoms. The van der Waals surface area contributed by atoms with Crippen molar-refractivity contribution in [2.24, 2.45) is 11.8 Å². The van der Waals surface area contributed by atoms with Crippen LogP contribution in [-0.4, -0.2) is 47.2 Å². The molecule has 1 heterocycles. The number of nitrogens with zero attached hydrogens (tertiary/aromatic N) is 1. The minimum absolute atomic E-state index is 0.200. The van der Waals surface area contributed by atoms with E-state index >= 15 is 0 Å². The predicted octanol–water partition coefficient (Wildman–Crippen LogP) is 1.53. The quantitative estimate of drug-likeness (QED) is 0.743. The molecule has 0 spiro atoms. The van der Waals surface area contributed by atoms with Gasteiger partial charge in [-0.25, -0.2) is 0 Å². The standard InChI is InChI=1S/C16H28N2O2/c1-11(19)9-14-3-2-8-18(14)10-15(20)17-16(12-4-5-12)13-6-7-13/h11-14,16,19H,2-10H2,1H3,(H,17,20). The van der Waals surface area contributed by atoms with Crippen LogP contribution in [0.2, 0.25) is 0 Å². The largest absolute Gasteiger partial charge is 0.393 e. The van der Waals surface area contributed by atoms with E-state index in [4.69, 9.17) is 0 Å². The molecule has 2 aliphatic carbocycles. The third-order valence-corrected chi connectivity index (χ3v) is 5.05. The van der Waals surface area contributed by atoms with Crippen molar-refractivity contribution in [3.05, 3.63) is 0 Å². The van der Waals surface area contributed by atoms with Gasteiger partial charge in [0.25, 0.3) is 0 Å².